The zero-order chi connectivity index (χ0) is 12.0. The summed E-state index contributed by atoms with van der Waals surface area (Å²) in [5.41, 5.74) is 4.16. The molecule has 2 rings (SSSR count). The zero-order valence-electron chi connectivity index (χ0n) is 9.87. The molecule has 0 radical (unpaired) electrons. The van der Waals surface area contributed by atoms with E-state index in [1.807, 2.05) is 31.5 Å². The predicted octanol–water partition coefficient (Wildman–Crippen LogP) is 3.01. The molecule has 0 aliphatic carbocycles. The first-order valence-electron chi connectivity index (χ1n) is 5.14. The molecule has 0 N–H and O–H groups in total. The summed E-state index contributed by atoms with van der Waals surface area (Å²) in [5.74, 6) is 0. The molecule has 4 heteroatoms. The Balaban J connectivity index is 2.90. The Morgan fingerprint density at radius 2 is 1.88 bits per heavy atom. The van der Waals surface area contributed by atoms with Crippen LogP contribution in [0.15, 0.2) is 12.1 Å². The third-order valence-electron chi connectivity index (χ3n) is 3.32. The zero-order valence-corrected chi connectivity index (χ0v) is 9.87. The second-order valence-corrected chi connectivity index (χ2v) is 4.18. The van der Waals surface area contributed by atoms with Crippen molar-refractivity contribution in [2.45, 2.75) is 20.8 Å². The van der Waals surface area contributed by atoms with Gasteiger partial charge in [-0.25, -0.2) is 0 Å². The first kappa shape index (κ1) is 10.7. The summed E-state index contributed by atoms with van der Waals surface area (Å²) in [4.78, 5) is 10.5. The lowest BCUT2D eigenvalue weighted by Gasteiger charge is -2.00. The molecule has 0 unspecified atom stereocenters. The van der Waals surface area contributed by atoms with E-state index >= 15 is 0 Å². The topological polar surface area (TPSA) is 48.1 Å². The Morgan fingerprint density at radius 3 is 2.44 bits per heavy atom. The minimum atomic E-state index is -0.327. The minimum Gasteiger partial charge on any atom is -0.347 e. The number of fused-ring (bicyclic) bond motifs is 1. The van der Waals surface area contributed by atoms with Crippen LogP contribution in [-0.4, -0.2) is 9.49 Å². The Bertz CT molecular complexity index is 597. The van der Waals surface area contributed by atoms with Crippen LogP contribution in [0.1, 0.15) is 16.8 Å². The lowest BCUT2D eigenvalue weighted by molar-refractivity contribution is -0.385. The summed E-state index contributed by atoms with van der Waals surface area (Å²) >= 11 is 0. The molecular formula is C12H14N2O2. The molecule has 1 aromatic carbocycles. The molecule has 0 atom stereocenters. The molecule has 0 saturated heterocycles. The molecule has 1 heterocycles. The highest BCUT2D eigenvalue weighted by molar-refractivity contribution is 5.88. The van der Waals surface area contributed by atoms with Gasteiger partial charge in [0, 0.05) is 29.8 Å². The summed E-state index contributed by atoms with van der Waals surface area (Å²) in [5, 5.41) is 12.0. The van der Waals surface area contributed by atoms with Crippen LogP contribution in [0.3, 0.4) is 0 Å². The van der Waals surface area contributed by atoms with Gasteiger partial charge in [0.15, 0.2) is 0 Å². The number of aromatic nitrogens is 1. The first-order chi connectivity index (χ1) is 7.43. The van der Waals surface area contributed by atoms with Crippen LogP contribution in [0.2, 0.25) is 0 Å². The molecule has 0 aliphatic rings. The van der Waals surface area contributed by atoms with Gasteiger partial charge in [-0.05, 0) is 32.4 Å². The van der Waals surface area contributed by atoms with Crippen molar-refractivity contribution in [2.24, 2.45) is 7.05 Å². The van der Waals surface area contributed by atoms with Crippen LogP contribution in [-0.2, 0) is 7.05 Å². The van der Waals surface area contributed by atoms with Gasteiger partial charge in [0.1, 0.15) is 0 Å². The SMILES string of the molecule is Cc1cc2c(C)c(C)n(C)c2cc1[N+](=O)[O-]. The van der Waals surface area contributed by atoms with Crippen molar-refractivity contribution in [3.63, 3.8) is 0 Å². The highest BCUT2D eigenvalue weighted by Gasteiger charge is 2.16. The van der Waals surface area contributed by atoms with Crippen LogP contribution in [0, 0.1) is 30.9 Å². The van der Waals surface area contributed by atoms with Gasteiger partial charge in [0.2, 0.25) is 0 Å². The average molecular weight is 218 g/mol. The van der Waals surface area contributed by atoms with Crippen molar-refractivity contribution in [1.29, 1.82) is 0 Å². The third-order valence-corrected chi connectivity index (χ3v) is 3.32. The second kappa shape index (κ2) is 3.33. The average Bonchev–Trinajstić information content (AvgIpc) is 2.43. The Labute approximate surface area is 93.6 Å². The number of rotatable bonds is 1. The van der Waals surface area contributed by atoms with Crippen LogP contribution < -0.4 is 0 Å². The van der Waals surface area contributed by atoms with Gasteiger partial charge in [-0.15, -0.1) is 0 Å². The quantitative estimate of drug-likeness (QED) is 0.545. The van der Waals surface area contributed by atoms with Crippen molar-refractivity contribution >= 4 is 16.6 Å². The van der Waals surface area contributed by atoms with Gasteiger partial charge in [-0.1, -0.05) is 0 Å². The monoisotopic (exact) mass is 218 g/mol. The first-order valence-corrected chi connectivity index (χ1v) is 5.14. The normalized spacial score (nSPS) is 11.0. The highest BCUT2D eigenvalue weighted by atomic mass is 16.6. The number of aryl methyl sites for hydroxylation is 3. The van der Waals surface area contributed by atoms with Gasteiger partial charge in [-0.2, -0.15) is 0 Å². The van der Waals surface area contributed by atoms with E-state index in [0.717, 1.165) is 16.6 Å². The summed E-state index contributed by atoms with van der Waals surface area (Å²) < 4.78 is 2.00. The lowest BCUT2D eigenvalue weighted by Crippen LogP contribution is -1.94. The van der Waals surface area contributed by atoms with Crippen molar-refractivity contribution in [3.05, 3.63) is 39.1 Å². The smallest absolute Gasteiger partial charge is 0.274 e. The van der Waals surface area contributed by atoms with Crippen LogP contribution in [0.25, 0.3) is 10.9 Å². The molecule has 4 nitrogen and oxygen atoms in total. The number of nitro groups is 1. The molecule has 1 aromatic heterocycles. The molecule has 0 spiro atoms. The second-order valence-electron chi connectivity index (χ2n) is 4.18. The maximum atomic E-state index is 10.9. The Hall–Kier alpha value is -1.84. The number of hydrogen-bond donors (Lipinski definition) is 0. The molecular weight excluding hydrogens is 204 g/mol. The third kappa shape index (κ3) is 1.30. The van der Waals surface area contributed by atoms with E-state index in [9.17, 15) is 10.1 Å². The van der Waals surface area contributed by atoms with Gasteiger partial charge in [0.05, 0.1) is 10.4 Å². The predicted molar refractivity (Wildman–Crippen MR) is 63.8 cm³/mol. The summed E-state index contributed by atoms with van der Waals surface area (Å²) in [6.45, 7) is 5.85. The van der Waals surface area contributed by atoms with Crippen LogP contribution >= 0.6 is 0 Å². The number of hydrogen-bond acceptors (Lipinski definition) is 2. The standard InChI is InChI=1S/C12H14N2O2/c1-7-5-10-8(2)9(3)13(4)12(10)6-11(7)14(15)16/h5-6H,1-4H3. The van der Waals surface area contributed by atoms with Gasteiger partial charge >= 0.3 is 0 Å². The fraction of sp³-hybridized carbons (Fsp3) is 0.333. The minimum absolute atomic E-state index is 0.188. The fourth-order valence-electron chi connectivity index (χ4n) is 2.09. The van der Waals surface area contributed by atoms with E-state index in [-0.39, 0.29) is 10.6 Å². The van der Waals surface area contributed by atoms with E-state index < -0.39 is 0 Å². The molecule has 84 valence electrons. The molecule has 0 saturated carbocycles. The van der Waals surface area contributed by atoms with Crippen molar-refractivity contribution in [2.75, 3.05) is 0 Å². The van der Waals surface area contributed by atoms with Crippen molar-refractivity contribution in [3.8, 4) is 0 Å². The summed E-state index contributed by atoms with van der Waals surface area (Å²) in [6.07, 6.45) is 0. The van der Waals surface area contributed by atoms with E-state index in [1.165, 1.54) is 5.56 Å². The number of benzene rings is 1. The van der Waals surface area contributed by atoms with Crippen LogP contribution in [0.4, 0.5) is 5.69 Å². The Morgan fingerprint density at radius 1 is 1.25 bits per heavy atom. The van der Waals surface area contributed by atoms with Crippen molar-refractivity contribution in [1.82, 2.24) is 4.57 Å². The highest BCUT2D eigenvalue weighted by Crippen LogP contribution is 2.30. The van der Waals surface area contributed by atoms with E-state index in [4.69, 9.17) is 0 Å². The lowest BCUT2D eigenvalue weighted by atomic mass is 10.1. The molecule has 0 bridgehead atoms. The van der Waals surface area contributed by atoms with E-state index in [0.29, 0.717) is 5.56 Å². The van der Waals surface area contributed by atoms with E-state index in [2.05, 4.69) is 0 Å². The maximum absolute atomic E-state index is 10.9. The van der Waals surface area contributed by atoms with Gasteiger partial charge in [-0.3, -0.25) is 10.1 Å². The largest absolute Gasteiger partial charge is 0.347 e. The van der Waals surface area contributed by atoms with Crippen molar-refractivity contribution < 1.29 is 4.92 Å². The van der Waals surface area contributed by atoms with Gasteiger partial charge in [0.25, 0.3) is 5.69 Å². The summed E-state index contributed by atoms with van der Waals surface area (Å²) in [7, 11) is 1.93. The molecule has 0 fully saturated rings. The van der Waals surface area contributed by atoms with E-state index in [1.54, 1.807) is 13.0 Å². The number of nitrogens with zero attached hydrogens (tertiary/aromatic N) is 2. The maximum Gasteiger partial charge on any atom is 0.274 e. The molecule has 0 amide bonds. The molecule has 0 aliphatic heterocycles. The summed E-state index contributed by atoms with van der Waals surface area (Å²) in [6, 6.07) is 3.56. The van der Waals surface area contributed by atoms with Gasteiger partial charge < -0.3 is 4.57 Å². The molecule has 2 aromatic rings. The number of nitro benzene ring substituents is 1. The van der Waals surface area contributed by atoms with Crippen LogP contribution in [0.5, 0.6) is 0 Å². The fourth-order valence-corrected chi connectivity index (χ4v) is 2.09. The molecule has 16 heavy (non-hydrogen) atoms. The Kier molecular flexibility index (Phi) is 2.22.